The van der Waals surface area contributed by atoms with Crippen LogP contribution in [0.25, 0.3) is 11.4 Å². The summed E-state index contributed by atoms with van der Waals surface area (Å²) in [6.07, 6.45) is 0.957. The van der Waals surface area contributed by atoms with Crippen LogP contribution in [0.15, 0.2) is 60.7 Å². The molecule has 138 valence electrons. The van der Waals surface area contributed by atoms with E-state index in [1.54, 1.807) is 12.1 Å². The molecular weight excluding hydrogens is 360 g/mol. The zero-order valence-corrected chi connectivity index (χ0v) is 15.8. The molecule has 0 aliphatic carbocycles. The van der Waals surface area contributed by atoms with Crippen LogP contribution in [-0.2, 0) is 6.54 Å². The predicted molar refractivity (Wildman–Crippen MR) is 109 cm³/mol. The molecule has 1 aromatic heterocycles. The fraction of sp³-hybridized carbons (Fsp3) is 0.190. The fourth-order valence-electron chi connectivity index (χ4n) is 2.53. The van der Waals surface area contributed by atoms with Crippen molar-refractivity contribution in [1.82, 2.24) is 15.3 Å². The first-order chi connectivity index (χ1) is 13.2. The highest BCUT2D eigenvalue weighted by Gasteiger charge is 2.13. The monoisotopic (exact) mass is 380 g/mol. The summed E-state index contributed by atoms with van der Waals surface area (Å²) in [6.45, 7) is 3.18. The average Bonchev–Trinajstić information content (AvgIpc) is 2.72. The summed E-state index contributed by atoms with van der Waals surface area (Å²) in [5, 5.41) is 6.73. The molecule has 0 atom stereocenters. The molecule has 0 fully saturated rings. The van der Waals surface area contributed by atoms with Crippen molar-refractivity contribution in [2.75, 3.05) is 11.9 Å². The van der Waals surface area contributed by atoms with Gasteiger partial charge in [0.25, 0.3) is 5.91 Å². The van der Waals surface area contributed by atoms with E-state index in [2.05, 4.69) is 27.5 Å². The van der Waals surface area contributed by atoms with E-state index in [-0.39, 0.29) is 5.91 Å². The van der Waals surface area contributed by atoms with Gasteiger partial charge in [-0.15, -0.1) is 0 Å². The number of halogens is 1. The first kappa shape index (κ1) is 18.9. The number of hydrogen-bond acceptors (Lipinski definition) is 4. The van der Waals surface area contributed by atoms with Crippen molar-refractivity contribution in [3.63, 3.8) is 0 Å². The predicted octanol–water partition coefficient (Wildman–Crippen LogP) is 4.55. The molecule has 0 saturated carbocycles. The van der Waals surface area contributed by atoms with Crippen LogP contribution in [0.4, 0.5) is 5.82 Å². The van der Waals surface area contributed by atoms with Crippen molar-refractivity contribution in [2.45, 2.75) is 19.9 Å². The van der Waals surface area contributed by atoms with Crippen molar-refractivity contribution >= 4 is 23.3 Å². The Hall–Kier alpha value is -2.92. The summed E-state index contributed by atoms with van der Waals surface area (Å²) in [5.41, 5.74) is 2.03. The summed E-state index contributed by atoms with van der Waals surface area (Å²) in [6, 6.07) is 18.7. The first-order valence-electron chi connectivity index (χ1n) is 8.87. The number of benzene rings is 2. The minimum atomic E-state index is -0.269. The third-order valence-electron chi connectivity index (χ3n) is 3.94. The minimum Gasteiger partial charge on any atom is -0.370 e. The second-order valence-corrected chi connectivity index (χ2v) is 6.44. The molecule has 0 aliphatic heterocycles. The van der Waals surface area contributed by atoms with Gasteiger partial charge in [-0.1, -0.05) is 67.1 Å². The molecule has 1 heterocycles. The highest BCUT2D eigenvalue weighted by molar-refractivity contribution is 6.31. The number of anilines is 1. The molecule has 0 saturated heterocycles. The van der Waals surface area contributed by atoms with Crippen molar-refractivity contribution < 1.29 is 4.79 Å². The zero-order chi connectivity index (χ0) is 19.1. The van der Waals surface area contributed by atoms with Crippen molar-refractivity contribution in [2.24, 2.45) is 0 Å². The summed E-state index contributed by atoms with van der Waals surface area (Å²) in [5.74, 6) is 0.877. The zero-order valence-electron chi connectivity index (χ0n) is 15.1. The van der Waals surface area contributed by atoms with Crippen LogP contribution in [0.5, 0.6) is 0 Å². The lowest BCUT2D eigenvalue weighted by Crippen LogP contribution is -2.24. The van der Waals surface area contributed by atoms with Crippen LogP contribution >= 0.6 is 11.6 Å². The Balaban J connectivity index is 1.84. The number of amides is 1. The van der Waals surface area contributed by atoms with Crippen LogP contribution in [0.2, 0.25) is 5.02 Å². The van der Waals surface area contributed by atoms with Crippen molar-refractivity contribution in [1.29, 1.82) is 0 Å². The van der Waals surface area contributed by atoms with E-state index in [4.69, 9.17) is 11.6 Å². The summed E-state index contributed by atoms with van der Waals surface area (Å²) in [7, 11) is 0. The number of aromatic nitrogens is 2. The molecule has 0 spiro atoms. The molecule has 0 radical (unpaired) electrons. The molecule has 27 heavy (non-hydrogen) atoms. The van der Waals surface area contributed by atoms with Crippen LogP contribution in [-0.4, -0.2) is 22.4 Å². The highest BCUT2D eigenvalue weighted by atomic mass is 35.5. The van der Waals surface area contributed by atoms with E-state index in [1.165, 1.54) is 0 Å². The molecule has 3 aromatic rings. The molecule has 0 bridgehead atoms. The lowest BCUT2D eigenvalue weighted by Gasteiger charge is -2.11. The number of carbonyl (C=O) groups excluding carboxylic acids is 1. The van der Waals surface area contributed by atoms with Crippen molar-refractivity contribution in [3.05, 3.63) is 76.9 Å². The maximum absolute atomic E-state index is 12.7. The van der Waals surface area contributed by atoms with Gasteiger partial charge in [-0.2, -0.15) is 0 Å². The topological polar surface area (TPSA) is 66.9 Å². The summed E-state index contributed by atoms with van der Waals surface area (Å²) >= 11 is 6.15. The second-order valence-electron chi connectivity index (χ2n) is 6.03. The lowest BCUT2D eigenvalue weighted by molar-refractivity contribution is 0.0946. The molecule has 0 aliphatic rings. The van der Waals surface area contributed by atoms with Gasteiger partial charge < -0.3 is 10.6 Å². The first-order valence-corrected chi connectivity index (χ1v) is 9.25. The lowest BCUT2D eigenvalue weighted by atomic mass is 10.2. The molecule has 5 nitrogen and oxygen atoms in total. The van der Waals surface area contributed by atoms with Gasteiger partial charge in [0.15, 0.2) is 5.82 Å². The van der Waals surface area contributed by atoms with Gasteiger partial charge >= 0.3 is 0 Å². The molecule has 3 rings (SSSR count). The van der Waals surface area contributed by atoms with Gasteiger partial charge in [0.05, 0.1) is 0 Å². The van der Waals surface area contributed by atoms with Crippen LogP contribution in [0.3, 0.4) is 0 Å². The minimum absolute atomic E-state index is 0.269. The standard InChI is InChI=1S/C21H21ClN4O/c1-2-12-23-19-13-18(25-20(26-19)15-8-4-3-5-9-15)21(27)24-14-16-10-6-7-11-17(16)22/h3-11,13H,2,12,14H2,1H3,(H,24,27)(H,23,25,26). The molecular formula is C21H21ClN4O. The van der Waals surface area contributed by atoms with Gasteiger partial charge in [-0.25, -0.2) is 9.97 Å². The second kappa shape index (κ2) is 9.14. The smallest absolute Gasteiger partial charge is 0.270 e. The number of rotatable bonds is 7. The third kappa shape index (κ3) is 5.05. The highest BCUT2D eigenvalue weighted by Crippen LogP contribution is 2.18. The Kier molecular flexibility index (Phi) is 6.39. The molecule has 2 aromatic carbocycles. The number of hydrogen-bond donors (Lipinski definition) is 2. The average molecular weight is 381 g/mol. The van der Waals surface area contributed by atoms with Gasteiger partial charge in [-0.05, 0) is 18.1 Å². The van der Waals surface area contributed by atoms with E-state index >= 15 is 0 Å². The van der Waals surface area contributed by atoms with E-state index in [9.17, 15) is 4.79 Å². The largest absolute Gasteiger partial charge is 0.370 e. The quantitative estimate of drug-likeness (QED) is 0.631. The molecule has 2 N–H and O–H groups in total. The van der Waals surface area contributed by atoms with E-state index in [0.717, 1.165) is 24.1 Å². The molecule has 6 heteroatoms. The Morgan fingerprint density at radius 3 is 2.52 bits per heavy atom. The maximum atomic E-state index is 12.7. The summed E-state index contributed by atoms with van der Waals surface area (Å²) in [4.78, 5) is 21.6. The van der Waals surface area contributed by atoms with E-state index in [1.807, 2.05) is 48.5 Å². The van der Waals surface area contributed by atoms with Gasteiger partial charge in [-0.3, -0.25) is 4.79 Å². The molecule has 0 unspecified atom stereocenters. The maximum Gasteiger partial charge on any atom is 0.270 e. The Labute approximate surface area is 163 Å². The third-order valence-corrected chi connectivity index (χ3v) is 4.31. The van der Waals surface area contributed by atoms with E-state index < -0.39 is 0 Å². The van der Waals surface area contributed by atoms with Crippen LogP contribution in [0.1, 0.15) is 29.4 Å². The normalized spacial score (nSPS) is 10.4. The number of carbonyl (C=O) groups is 1. The number of nitrogens with zero attached hydrogens (tertiary/aromatic N) is 2. The van der Waals surface area contributed by atoms with E-state index in [0.29, 0.717) is 28.9 Å². The fourth-order valence-corrected chi connectivity index (χ4v) is 2.73. The Morgan fingerprint density at radius 2 is 1.78 bits per heavy atom. The van der Waals surface area contributed by atoms with Gasteiger partial charge in [0.1, 0.15) is 11.5 Å². The van der Waals surface area contributed by atoms with Crippen LogP contribution < -0.4 is 10.6 Å². The van der Waals surface area contributed by atoms with Gasteiger partial charge in [0.2, 0.25) is 0 Å². The van der Waals surface area contributed by atoms with Crippen molar-refractivity contribution in [3.8, 4) is 11.4 Å². The van der Waals surface area contributed by atoms with Crippen LogP contribution in [0, 0.1) is 0 Å². The molecule has 1 amide bonds. The number of nitrogens with one attached hydrogen (secondary N) is 2. The van der Waals surface area contributed by atoms with Gasteiger partial charge in [0, 0.05) is 29.7 Å². The summed E-state index contributed by atoms with van der Waals surface area (Å²) < 4.78 is 0. The Morgan fingerprint density at radius 1 is 1.04 bits per heavy atom. The SMILES string of the molecule is CCCNc1cc(C(=O)NCc2ccccc2Cl)nc(-c2ccccc2)n1. The Bertz CT molecular complexity index is 915.